The van der Waals surface area contributed by atoms with Gasteiger partial charge in [0.25, 0.3) is 5.91 Å². The molecule has 0 radical (unpaired) electrons. The number of aliphatic imine (C=N–C) groups is 1. The van der Waals surface area contributed by atoms with Crippen LogP contribution in [0.4, 0.5) is 0 Å². The van der Waals surface area contributed by atoms with Gasteiger partial charge in [0.05, 0.1) is 13.2 Å². The van der Waals surface area contributed by atoms with Crippen molar-refractivity contribution in [1.82, 2.24) is 10.9 Å². The number of hydrogen-bond donors (Lipinski definition) is 3. The molecule has 214 valence electrons. The quantitative estimate of drug-likeness (QED) is 0.0778. The summed E-state index contributed by atoms with van der Waals surface area (Å²) in [4.78, 5) is 22.1. The van der Waals surface area contributed by atoms with Crippen molar-refractivity contribution in [2.24, 2.45) is 10.1 Å². The maximum atomic E-state index is 14.1. The van der Waals surface area contributed by atoms with Crippen LogP contribution in [0.2, 0.25) is 0 Å². The number of aliphatic hydroxyl groups excluding tert-OH is 1. The van der Waals surface area contributed by atoms with Gasteiger partial charge in [-0.3, -0.25) is 10.2 Å². The summed E-state index contributed by atoms with van der Waals surface area (Å²) in [5.74, 6) is 0.688. The van der Waals surface area contributed by atoms with Crippen LogP contribution in [0.25, 0.3) is 10.4 Å². The van der Waals surface area contributed by atoms with Gasteiger partial charge in [-0.2, -0.15) is 0 Å². The van der Waals surface area contributed by atoms with Crippen molar-refractivity contribution in [3.05, 3.63) is 112 Å². The molecule has 1 aliphatic heterocycles. The number of carbonyl (C=O) groups is 1. The molecule has 1 heterocycles. The second kappa shape index (κ2) is 14.9. The largest absolute Gasteiger partial charge is 0.494 e. The summed E-state index contributed by atoms with van der Waals surface area (Å²) >= 11 is 0. The van der Waals surface area contributed by atoms with Crippen LogP contribution in [0.15, 0.2) is 89.0 Å². The van der Waals surface area contributed by atoms with E-state index in [1.165, 1.54) is 0 Å². The van der Waals surface area contributed by atoms with E-state index in [1.54, 1.807) is 0 Å². The molecule has 3 aromatic carbocycles. The van der Waals surface area contributed by atoms with Crippen molar-refractivity contribution in [3.8, 4) is 5.75 Å². The maximum Gasteiger partial charge on any atom is 0.266 e. The Balaban J connectivity index is 1.77. The lowest BCUT2D eigenvalue weighted by Gasteiger charge is -2.31. The van der Waals surface area contributed by atoms with Crippen LogP contribution < -0.4 is 15.6 Å². The van der Waals surface area contributed by atoms with Crippen LogP contribution in [0.1, 0.15) is 54.5 Å². The molecule has 10 heteroatoms. The average Bonchev–Trinajstić information content (AvgIpc) is 3.40. The first kappa shape index (κ1) is 29.6. The predicted molar refractivity (Wildman–Crippen MR) is 157 cm³/mol. The van der Waals surface area contributed by atoms with E-state index in [0.29, 0.717) is 36.8 Å². The molecule has 1 aliphatic rings. The summed E-state index contributed by atoms with van der Waals surface area (Å²) in [7, 11) is 0. The van der Waals surface area contributed by atoms with Gasteiger partial charge in [0.15, 0.2) is 11.6 Å². The molecule has 0 fully saturated rings. The molecule has 0 saturated heterocycles. The highest BCUT2D eigenvalue weighted by Crippen LogP contribution is 2.43. The van der Waals surface area contributed by atoms with Gasteiger partial charge in [-0.15, -0.1) is 0 Å². The second-order valence-electron chi connectivity index (χ2n) is 9.77. The van der Waals surface area contributed by atoms with E-state index in [-0.39, 0.29) is 25.5 Å². The smallest absolute Gasteiger partial charge is 0.266 e. The lowest BCUT2D eigenvalue weighted by Crippen LogP contribution is -2.54. The van der Waals surface area contributed by atoms with Gasteiger partial charge in [0.2, 0.25) is 5.90 Å². The van der Waals surface area contributed by atoms with Crippen LogP contribution in [-0.4, -0.2) is 42.2 Å². The minimum Gasteiger partial charge on any atom is -0.494 e. The minimum atomic E-state index is -1.36. The fourth-order valence-electron chi connectivity index (χ4n) is 4.71. The highest BCUT2D eigenvalue weighted by atomic mass is 16.5. The Kier molecular flexibility index (Phi) is 10.7. The average molecular weight is 557 g/mol. The molecule has 0 aliphatic carbocycles. The van der Waals surface area contributed by atoms with Crippen LogP contribution in [0, 0.1) is 0 Å². The Hall–Kier alpha value is -4.37. The fourth-order valence-corrected chi connectivity index (χ4v) is 4.71. The number of nitrogens with zero attached hydrogens (tertiary/aromatic N) is 4. The summed E-state index contributed by atoms with van der Waals surface area (Å²) in [6, 6.07) is 24.5. The van der Waals surface area contributed by atoms with Gasteiger partial charge in [-0.25, -0.2) is 10.4 Å². The van der Waals surface area contributed by atoms with Crippen molar-refractivity contribution in [2.45, 2.75) is 50.8 Å². The van der Waals surface area contributed by atoms with E-state index in [0.717, 1.165) is 29.5 Å². The van der Waals surface area contributed by atoms with E-state index in [4.69, 9.17) is 25.1 Å². The Morgan fingerprint density at radius 2 is 1.80 bits per heavy atom. The Labute approximate surface area is 240 Å². The molecular formula is C31H36N6O4. The van der Waals surface area contributed by atoms with Crippen LogP contribution in [0.3, 0.4) is 0 Å². The van der Waals surface area contributed by atoms with E-state index in [2.05, 4.69) is 27.8 Å². The van der Waals surface area contributed by atoms with Crippen LogP contribution >= 0.6 is 0 Å². The Morgan fingerprint density at radius 3 is 2.51 bits per heavy atom. The standard InChI is InChI=1S/C31H36N6O4/c1-2-3-18-33-36-30(39)31(21-25-12-7-8-13-26(25)22-34-37-32)28(23-10-5-4-6-11-23)41-29(35-31)24-14-16-27(17-15-24)40-20-9-19-38/h4-8,10-17,28,33,38H,2-3,9,18-22H2,1H3,(H,36,39)/t28-,31-/m0/s1. The first-order valence-corrected chi connectivity index (χ1v) is 13.9. The molecule has 10 nitrogen and oxygen atoms in total. The Bertz CT molecular complexity index is 1360. The Morgan fingerprint density at radius 1 is 1.07 bits per heavy atom. The fraction of sp³-hybridized carbons (Fsp3) is 0.355. The van der Waals surface area contributed by atoms with Gasteiger partial charge in [-0.1, -0.05) is 73.1 Å². The van der Waals surface area contributed by atoms with Crippen molar-refractivity contribution in [3.63, 3.8) is 0 Å². The van der Waals surface area contributed by atoms with Gasteiger partial charge in [0.1, 0.15) is 5.75 Å². The summed E-state index contributed by atoms with van der Waals surface area (Å²) < 4.78 is 12.2. The zero-order valence-corrected chi connectivity index (χ0v) is 23.2. The van der Waals surface area contributed by atoms with E-state index >= 15 is 0 Å². The minimum absolute atomic E-state index is 0.0625. The van der Waals surface area contributed by atoms with E-state index < -0.39 is 11.6 Å². The number of rotatable bonds is 15. The highest BCUT2D eigenvalue weighted by Gasteiger charge is 2.53. The number of nitrogens with one attached hydrogen (secondary N) is 2. The highest BCUT2D eigenvalue weighted by molar-refractivity contribution is 6.01. The number of unbranched alkanes of at least 4 members (excludes halogenated alkanes) is 1. The molecule has 0 saturated carbocycles. The molecule has 3 aromatic rings. The SMILES string of the molecule is CCCCNNC(=O)[C@@]1(Cc2ccccc2CN=[N+]=[N-])N=C(c2ccc(OCCCO)cc2)O[C@H]1c1ccccc1. The number of carbonyl (C=O) groups excluding carboxylic acids is 1. The number of amides is 1. The zero-order valence-electron chi connectivity index (χ0n) is 23.2. The number of ether oxygens (including phenoxy) is 2. The lowest BCUT2D eigenvalue weighted by atomic mass is 9.81. The maximum absolute atomic E-state index is 14.1. The molecular weight excluding hydrogens is 520 g/mol. The molecule has 41 heavy (non-hydrogen) atoms. The van der Waals surface area contributed by atoms with Crippen molar-refractivity contribution in [2.75, 3.05) is 19.8 Å². The molecule has 0 unspecified atom stereocenters. The number of benzene rings is 3. The molecule has 0 aromatic heterocycles. The van der Waals surface area contributed by atoms with Gasteiger partial charge in [0, 0.05) is 36.5 Å². The lowest BCUT2D eigenvalue weighted by molar-refractivity contribution is -0.130. The van der Waals surface area contributed by atoms with Crippen molar-refractivity contribution < 1.29 is 19.4 Å². The number of azide groups is 1. The van der Waals surface area contributed by atoms with E-state index in [9.17, 15) is 4.79 Å². The third-order valence-corrected chi connectivity index (χ3v) is 6.87. The normalized spacial score (nSPS) is 17.7. The number of aliphatic hydroxyl groups is 1. The molecule has 4 rings (SSSR count). The summed E-state index contributed by atoms with van der Waals surface area (Å²) in [5.41, 5.74) is 16.7. The van der Waals surface area contributed by atoms with E-state index in [1.807, 2.05) is 78.9 Å². The molecule has 0 bridgehead atoms. The van der Waals surface area contributed by atoms with Crippen molar-refractivity contribution in [1.29, 1.82) is 0 Å². The number of hydrazine groups is 1. The van der Waals surface area contributed by atoms with Crippen LogP contribution in [-0.2, 0) is 22.5 Å². The summed E-state index contributed by atoms with van der Waals surface area (Å²) in [5, 5.41) is 12.8. The topological polar surface area (TPSA) is 141 Å². The number of hydrogen-bond acceptors (Lipinski definition) is 7. The van der Waals surface area contributed by atoms with Gasteiger partial charge >= 0.3 is 0 Å². The first-order valence-electron chi connectivity index (χ1n) is 13.9. The van der Waals surface area contributed by atoms with Crippen LogP contribution in [0.5, 0.6) is 5.75 Å². The molecule has 2 atom stereocenters. The van der Waals surface area contributed by atoms with Crippen molar-refractivity contribution >= 4 is 11.8 Å². The predicted octanol–water partition coefficient (Wildman–Crippen LogP) is 5.18. The van der Waals surface area contributed by atoms with Gasteiger partial charge < -0.3 is 14.6 Å². The first-order chi connectivity index (χ1) is 20.1. The summed E-state index contributed by atoms with van der Waals surface area (Å²) in [6.07, 6.45) is 1.93. The third-order valence-electron chi connectivity index (χ3n) is 6.87. The summed E-state index contributed by atoms with van der Waals surface area (Å²) in [6.45, 7) is 3.34. The monoisotopic (exact) mass is 556 g/mol. The second-order valence-corrected chi connectivity index (χ2v) is 9.77. The molecule has 1 amide bonds. The third kappa shape index (κ3) is 7.43. The molecule has 0 spiro atoms. The zero-order chi connectivity index (χ0) is 28.9. The molecule has 3 N–H and O–H groups in total. The van der Waals surface area contributed by atoms with Gasteiger partial charge in [-0.05, 0) is 52.9 Å².